The van der Waals surface area contributed by atoms with E-state index in [4.69, 9.17) is 0 Å². The Morgan fingerprint density at radius 2 is 2.00 bits per heavy atom. The first kappa shape index (κ1) is 14.4. The van der Waals surface area contributed by atoms with E-state index in [1.54, 1.807) is 19.1 Å². The average Bonchev–Trinajstić information content (AvgIpc) is 2.89. The minimum absolute atomic E-state index is 0.150. The molecule has 0 N–H and O–H groups in total. The van der Waals surface area contributed by atoms with Crippen LogP contribution in [-0.2, 0) is 16.0 Å². The molecule has 3 nitrogen and oxygen atoms in total. The van der Waals surface area contributed by atoms with Gasteiger partial charge in [-0.2, -0.15) is 0 Å². The number of benzene rings is 1. The van der Waals surface area contributed by atoms with Gasteiger partial charge >= 0.3 is 5.97 Å². The van der Waals surface area contributed by atoms with Gasteiger partial charge in [-0.1, -0.05) is 0 Å². The largest absolute Gasteiger partial charge is 0.469 e. The molecule has 0 radical (unpaired) electrons. The van der Waals surface area contributed by atoms with E-state index in [1.807, 2.05) is 0 Å². The molecule has 0 spiro atoms. The van der Waals surface area contributed by atoms with Crippen LogP contribution >= 0.6 is 11.3 Å². The second-order valence-electron chi connectivity index (χ2n) is 4.31. The van der Waals surface area contributed by atoms with Crippen LogP contribution in [0.3, 0.4) is 0 Å². The molecule has 0 bridgehead atoms. The lowest BCUT2D eigenvalue weighted by Gasteiger charge is -2.01. The van der Waals surface area contributed by atoms with Gasteiger partial charge < -0.3 is 4.74 Å². The summed E-state index contributed by atoms with van der Waals surface area (Å²) in [4.78, 5) is 24.7. The zero-order chi connectivity index (χ0) is 14.7. The minimum atomic E-state index is -0.344. The van der Waals surface area contributed by atoms with Crippen molar-refractivity contribution in [2.75, 3.05) is 7.11 Å². The van der Waals surface area contributed by atoms with Gasteiger partial charge in [0.1, 0.15) is 5.82 Å². The molecular formula is C15H13FO3S. The molecule has 104 valence electrons. The maximum Gasteiger partial charge on any atom is 0.310 e. The zero-order valence-corrected chi connectivity index (χ0v) is 11.9. The van der Waals surface area contributed by atoms with Crippen LogP contribution in [0, 0.1) is 12.7 Å². The number of rotatable bonds is 4. The number of methoxy groups -OCH3 is 1. The third kappa shape index (κ3) is 3.11. The van der Waals surface area contributed by atoms with Crippen molar-refractivity contribution in [2.45, 2.75) is 13.3 Å². The molecule has 20 heavy (non-hydrogen) atoms. The Labute approximate surface area is 120 Å². The SMILES string of the molecule is COC(=O)Cc1ccc(C(=O)c2ccc(F)c(C)c2)s1. The molecule has 0 saturated heterocycles. The van der Waals surface area contributed by atoms with E-state index >= 15 is 0 Å². The van der Waals surface area contributed by atoms with Crippen molar-refractivity contribution in [3.8, 4) is 0 Å². The Kier molecular flexibility index (Phi) is 4.29. The highest BCUT2D eigenvalue weighted by Crippen LogP contribution is 2.21. The first-order valence-electron chi connectivity index (χ1n) is 5.97. The Balaban J connectivity index is 2.21. The van der Waals surface area contributed by atoms with Gasteiger partial charge in [-0.15, -0.1) is 11.3 Å². The molecule has 0 unspecified atom stereocenters. The molecule has 0 atom stereocenters. The predicted molar refractivity (Wildman–Crippen MR) is 74.6 cm³/mol. The summed E-state index contributed by atoms with van der Waals surface area (Å²) in [6.07, 6.45) is 0.150. The first-order chi connectivity index (χ1) is 9.51. The maximum atomic E-state index is 13.2. The number of thiophene rings is 1. The molecule has 0 aliphatic carbocycles. The number of esters is 1. The Hall–Kier alpha value is -2.01. The van der Waals surface area contributed by atoms with Crippen molar-refractivity contribution in [1.82, 2.24) is 0 Å². The number of aryl methyl sites for hydroxylation is 1. The summed E-state index contributed by atoms with van der Waals surface area (Å²) >= 11 is 1.25. The molecule has 1 aromatic heterocycles. The Morgan fingerprint density at radius 1 is 1.25 bits per heavy atom. The molecule has 0 aliphatic heterocycles. The molecule has 0 saturated carbocycles. The number of halogens is 1. The van der Waals surface area contributed by atoms with Crippen molar-refractivity contribution in [3.63, 3.8) is 0 Å². The number of carbonyl (C=O) groups excluding carboxylic acids is 2. The van der Waals surface area contributed by atoms with E-state index in [1.165, 1.54) is 36.6 Å². The van der Waals surface area contributed by atoms with Gasteiger partial charge in [-0.25, -0.2) is 4.39 Å². The van der Waals surface area contributed by atoms with E-state index < -0.39 is 0 Å². The highest BCUT2D eigenvalue weighted by molar-refractivity contribution is 7.14. The molecular weight excluding hydrogens is 279 g/mol. The van der Waals surface area contributed by atoms with Gasteiger partial charge in [0.05, 0.1) is 18.4 Å². The van der Waals surface area contributed by atoms with Crippen LogP contribution in [0.2, 0.25) is 0 Å². The Morgan fingerprint density at radius 3 is 2.65 bits per heavy atom. The summed E-state index contributed by atoms with van der Waals surface area (Å²) in [5.74, 6) is -0.850. The summed E-state index contributed by atoms with van der Waals surface area (Å²) in [5, 5.41) is 0. The fourth-order valence-electron chi connectivity index (χ4n) is 1.74. The lowest BCUT2D eigenvalue weighted by atomic mass is 10.1. The zero-order valence-electron chi connectivity index (χ0n) is 11.1. The highest BCUT2D eigenvalue weighted by atomic mass is 32.1. The van der Waals surface area contributed by atoms with Gasteiger partial charge in [0.25, 0.3) is 0 Å². The van der Waals surface area contributed by atoms with Crippen LogP contribution in [0.4, 0.5) is 4.39 Å². The van der Waals surface area contributed by atoms with Gasteiger partial charge in [0.15, 0.2) is 0 Å². The summed E-state index contributed by atoms with van der Waals surface area (Å²) < 4.78 is 17.8. The van der Waals surface area contributed by atoms with Gasteiger partial charge in [-0.05, 0) is 42.8 Å². The molecule has 0 fully saturated rings. The first-order valence-corrected chi connectivity index (χ1v) is 6.79. The van der Waals surface area contributed by atoms with Crippen LogP contribution in [0.5, 0.6) is 0 Å². The minimum Gasteiger partial charge on any atom is -0.469 e. The smallest absolute Gasteiger partial charge is 0.310 e. The predicted octanol–water partition coefficient (Wildman–Crippen LogP) is 3.14. The van der Waals surface area contributed by atoms with Crippen LogP contribution < -0.4 is 0 Å². The van der Waals surface area contributed by atoms with E-state index in [2.05, 4.69) is 4.74 Å². The van der Waals surface area contributed by atoms with Crippen molar-refractivity contribution in [3.05, 3.63) is 57.0 Å². The van der Waals surface area contributed by atoms with Crippen molar-refractivity contribution < 1.29 is 18.7 Å². The lowest BCUT2D eigenvalue weighted by molar-refractivity contribution is -0.139. The monoisotopic (exact) mass is 292 g/mol. The molecule has 2 rings (SSSR count). The van der Waals surface area contributed by atoms with E-state index in [0.29, 0.717) is 16.0 Å². The normalized spacial score (nSPS) is 10.3. The Bertz CT molecular complexity index is 661. The van der Waals surface area contributed by atoms with E-state index in [0.717, 1.165) is 4.88 Å². The topological polar surface area (TPSA) is 43.4 Å². The second-order valence-corrected chi connectivity index (χ2v) is 5.48. The molecule has 0 amide bonds. The molecule has 2 aromatic rings. The molecule has 5 heteroatoms. The van der Waals surface area contributed by atoms with Crippen molar-refractivity contribution >= 4 is 23.1 Å². The summed E-state index contributed by atoms with van der Waals surface area (Å²) in [7, 11) is 1.32. The summed E-state index contributed by atoms with van der Waals surface area (Å²) in [6.45, 7) is 1.61. The third-order valence-electron chi connectivity index (χ3n) is 2.85. The van der Waals surface area contributed by atoms with E-state index in [9.17, 15) is 14.0 Å². The summed E-state index contributed by atoms with van der Waals surface area (Å²) in [6, 6.07) is 7.67. The van der Waals surface area contributed by atoms with Gasteiger partial charge in [0, 0.05) is 10.4 Å². The van der Waals surface area contributed by atoms with Crippen LogP contribution in [-0.4, -0.2) is 18.9 Å². The number of carbonyl (C=O) groups is 2. The molecule has 1 heterocycles. The highest BCUT2D eigenvalue weighted by Gasteiger charge is 2.14. The quantitative estimate of drug-likeness (QED) is 0.642. The number of ketones is 1. The van der Waals surface area contributed by atoms with Crippen LogP contribution in [0.1, 0.15) is 25.7 Å². The fraction of sp³-hybridized carbons (Fsp3) is 0.200. The van der Waals surface area contributed by atoms with Crippen molar-refractivity contribution in [2.24, 2.45) is 0 Å². The van der Waals surface area contributed by atoms with Gasteiger partial charge in [-0.3, -0.25) is 9.59 Å². The van der Waals surface area contributed by atoms with Crippen molar-refractivity contribution in [1.29, 1.82) is 0 Å². The van der Waals surface area contributed by atoms with Crippen LogP contribution in [0.25, 0.3) is 0 Å². The molecule has 0 aliphatic rings. The second kappa shape index (κ2) is 5.96. The van der Waals surface area contributed by atoms with E-state index in [-0.39, 0.29) is 24.0 Å². The van der Waals surface area contributed by atoms with Gasteiger partial charge in [0.2, 0.25) is 5.78 Å². The van der Waals surface area contributed by atoms with Crippen LogP contribution in [0.15, 0.2) is 30.3 Å². The molecule has 1 aromatic carbocycles. The maximum absolute atomic E-state index is 13.2. The number of hydrogen-bond donors (Lipinski definition) is 0. The average molecular weight is 292 g/mol. The third-order valence-corrected chi connectivity index (χ3v) is 3.94. The standard InChI is InChI=1S/C15H13FO3S/c1-9-7-10(3-5-12(9)16)15(18)13-6-4-11(20-13)8-14(17)19-2/h3-7H,8H2,1-2H3. The lowest BCUT2D eigenvalue weighted by Crippen LogP contribution is -2.02. The summed E-state index contributed by atoms with van der Waals surface area (Å²) in [5.41, 5.74) is 0.873. The fourth-order valence-corrected chi connectivity index (χ4v) is 2.69. The number of hydrogen-bond acceptors (Lipinski definition) is 4. The number of ether oxygens (including phenoxy) is 1.